The van der Waals surface area contributed by atoms with E-state index in [2.05, 4.69) is 59.8 Å². The molecule has 1 saturated heterocycles. The topological polar surface area (TPSA) is 34.5 Å². The maximum absolute atomic E-state index is 13.0. The SMILES string of the molecule is Bc1ccc(CCCC(=O)N2CCCC(c3cc4ccc(Cl)cc4n3CCCOC)C2)cc1. The predicted molar refractivity (Wildman–Crippen MR) is 140 cm³/mol. The molecule has 1 fully saturated rings. The van der Waals surface area contributed by atoms with Gasteiger partial charge in [0.05, 0.1) is 0 Å². The Morgan fingerprint density at radius 2 is 1.97 bits per heavy atom. The average Bonchev–Trinajstić information content (AvgIpc) is 3.18. The number of benzene rings is 2. The fourth-order valence-electron chi connectivity index (χ4n) is 5.01. The standard InChI is InChI=1S/C27H34BClN2O2/c1-33-16-4-15-31-25(17-21-10-13-24(29)18-26(21)31)22-6-3-14-30(19-22)27(32)7-2-5-20-8-11-23(28)12-9-20/h8-13,17-18,22H,2-7,14-16,19,28H2,1H3. The van der Waals surface area contributed by atoms with Crippen LogP contribution in [0.15, 0.2) is 48.5 Å². The Bertz CT molecular complexity index is 1080. The van der Waals surface area contributed by atoms with Gasteiger partial charge in [-0.3, -0.25) is 4.79 Å². The van der Waals surface area contributed by atoms with Gasteiger partial charge >= 0.3 is 0 Å². The number of nitrogens with zero attached hydrogens (tertiary/aromatic N) is 2. The molecule has 174 valence electrons. The molecular weight excluding hydrogens is 431 g/mol. The van der Waals surface area contributed by atoms with Crippen molar-refractivity contribution in [3.63, 3.8) is 0 Å². The van der Waals surface area contributed by atoms with E-state index in [4.69, 9.17) is 16.3 Å². The van der Waals surface area contributed by atoms with Crippen molar-refractivity contribution in [1.82, 2.24) is 9.47 Å². The van der Waals surface area contributed by atoms with E-state index in [0.717, 1.165) is 63.4 Å². The number of halogens is 1. The highest BCUT2D eigenvalue weighted by molar-refractivity contribution is 6.32. The summed E-state index contributed by atoms with van der Waals surface area (Å²) in [6.07, 6.45) is 5.59. The molecule has 0 bridgehead atoms. The van der Waals surface area contributed by atoms with Gasteiger partial charge in [-0.25, -0.2) is 0 Å². The van der Waals surface area contributed by atoms with Gasteiger partial charge in [0.25, 0.3) is 0 Å². The first kappa shape index (κ1) is 23.9. The number of methoxy groups -OCH3 is 1. The van der Waals surface area contributed by atoms with Crippen LogP contribution in [0.3, 0.4) is 0 Å². The Morgan fingerprint density at radius 1 is 1.15 bits per heavy atom. The van der Waals surface area contributed by atoms with Crippen molar-refractivity contribution in [2.75, 3.05) is 26.8 Å². The van der Waals surface area contributed by atoms with Crippen molar-refractivity contribution in [3.05, 3.63) is 64.8 Å². The molecule has 4 rings (SSSR count). The molecule has 0 aliphatic carbocycles. The summed E-state index contributed by atoms with van der Waals surface area (Å²) in [6.45, 7) is 3.30. The minimum atomic E-state index is 0.289. The van der Waals surface area contributed by atoms with Crippen molar-refractivity contribution < 1.29 is 9.53 Å². The number of rotatable bonds is 9. The number of ether oxygens (including phenoxy) is 1. The van der Waals surface area contributed by atoms with Crippen LogP contribution in [-0.4, -0.2) is 50.0 Å². The van der Waals surface area contributed by atoms with E-state index in [1.165, 1.54) is 27.6 Å². The molecule has 1 aliphatic heterocycles. The summed E-state index contributed by atoms with van der Waals surface area (Å²) in [7, 11) is 3.85. The third-order valence-electron chi connectivity index (χ3n) is 6.80. The zero-order valence-corrected chi connectivity index (χ0v) is 20.6. The van der Waals surface area contributed by atoms with E-state index < -0.39 is 0 Å². The van der Waals surface area contributed by atoms with Crippen LogP contribution in [-0.2, 0) is 22.5 Å². The zero-order valence-electron chi connectivity index (χ0n) is 19.9. The van der Waals surface area contributed by atoms with Gasteiger partial charge in [-0.15, -0.1) is 0 Å². The summed E-state index contributed by atoms with van der Waals surface area (Å²) < 4.78 is 7.69. The largest absolute Gasteiger partial charge is 0.385 e. The van der Waals surface area contributed by atoms with Gasteiger partial charge in [-0.2, -0.15) is 0 Å². The smallest absolute Gasteiger partial charge is 0.222 e. The summed E-state index contributed by atoms with van der Waals surface area (Å²) in [4.78, 5) is 15.1. The van der Waals surface area contributed by atoms with E-state index in [-0.39, 0.29) is 5.91 Å². The Kier molecular flexibility index (Phi) is 8.16. The van der Waals surface area contributed by atoms with Gasteiger partial charge in [-0.1, -0.05) is 47.4 Å². The molecule has 2 aromatic carbocycles. The van der Waals surface area contributed by atoms with Crippen LogP contribution in [0.4, 0.5) is 0 Å². The molecule has 1 unspecified atom stereocenters. The number of piperidine rings is 1. The molecular formula is C27H34BClN2O2. The van der Waals surface area contributed by atoms with Crippen LogP contribution >= 0.6 is 11.6 Å². The second kappa shape index (κ2) is 11.3. The second-order valence-electron chi connectivity index (χ2n) is 9.29. The first-order chi connectivity index (χ1) is 16.0. The minimum absolute atomic E-state index is 0.289. The normalized spacial score (nSPS) is 16.4. The van der Waals surface area contributed by atoms with Crippen LogP contribution in [0.5, 0.6) is 0 Å². The molecule has 1 amide bonds. The van der Waals surface area contributed by atoms with Gasteiger partial charge in [0, 0.05) is 61.9 Å². The third-order valence-corrected chi connectivity index (χ3v) is 7.03. The Labute approximate surface area is 203 Å². The Balaban J connectivity index is 1.43. The zero-order chi connectivity index (χ0) is 23.2. The molecule has 0 N–H and O–H groups in total. The number of hydrogen-bond acceptors (Lipinski definition) is 2. The van der Waals surface area contributed by atoms with Crippen molar-refractivity contribution in [2.24, 2.45) is 0 Å². The molecule has 0 saturated carbocycles. The van der Waals surface area contributed by atoms with Crippen molar-refractivity contribution in [1.29, 1.82) is 0 Å². The van der Waals surface area contributed by atoms with Gasteiger partial charge < -0.3 is 14.2 Å². The maximum atomic E-state index is 13.0. The van der Waals surface area contributed by atoms with Crippen LogP contribution in [0.1, 0.15) is 49.3 Å². The molecule has 6 heteroatoms. The van der Waals surface area contributed by atoms with E-state index >= 15 is 0 Å². The number of carbonyl (C=O) groups is 1. The van der Waals surface area contributed by atoms with E-state index in [0.29, 0.717) is 12.3 Å². The van der Waals surface area contributed by atoms with Crippen LogP contribution in [0, 0.1) is 0 Å². The third kappa shape index (κ3) is 6.01. The number of fused-ring (bicyclic) bond motifs is 1. The van der Waals surface area contributed by atoms with Gasteiger partial charge in [0.2, 0.25) is 5.91 Å². The van der Waals surface area contributed by atoms with Gasteiger partial charge in [0.1, 0.15) is 7.85 Å². The quantitative estimate of drug-likeness (QED) is 0.349. The van der Waals surface area contributed by atoms with Crippen LogP contribution < -0.4 is 5.46 Å². The number of aryl methyl sites for hydroxylation is 2. The highest BCUT2D eigenvalue weighted by Gasteiger charge is 2.27. The second-order valence-corrected chi connectivity index (χ2v) is 9.72. The molecule has 1 aromatic heterocycles. The number of hydrogen-bond donors (Lipinski definition) is 0. The summed E-state index contributed by atoms with van der Waals surface area (Å²) in [5.74, 6) is 0.644. The molecule has 0 radical (unpaired) electrons. The lowest BCUT2D eigenvalue weighted by Gasteiger charge is -2.33. The lowest BCUT2D eigenvalue weighted by Crippen LogP contribution is -2.39. The molecule has 1 aliphatic rings. The lowest BCUT2D eigenvalue weighted by molar-refractivity contribution is -0.132. The summed E-state index contributed by atoms with van der Waals surface area (Å²) in [5, 5.41) is 1.97. The fraction of sp³-hybridized carbons (Fsp3) is 0.444. The van der Waals surface area contributed by atoms with Gasteiger partial charge in [-0.05, 0) is 61.3 Å². The summed E-state index contributed by atoms with van der Waals surface area (Å²) >= 11 is 6.32. The Morgan fingerprint density at radius 3 is 2.76 bits per heavy atom. The molecule has 1 atom stereocenters. The number of carbonyl (C=O) groups excluding carboxylic acids is 1. The molecule has 2 heterocycles. The summed E-state index contributed by atoms with van der Waals surface area (Å²) in [6, 6.07) is 17.1. The summed E-state index contributed by atoms with van der Waals surface area (Å²) in [5.41, 5.74) is 5.08. The van der Waals surface area contributed by atoms with Crippen molar-refractivity contribution in [3.8, 4) is 0 Å². The monoisotopic (exact) mass is 464 g/mol. The van der Waals surface area contributed by atoms with E-state index in [9.17, 15) is 4.79 Å². The highest BCUT2D eigenvalue weighted by Crippen LogP contribution is 2.33. The highest BCUT2D eigenvalue weighted by atomic mass is 35.5. The molecule has 0 spiro atoms. The molecule has 33 heavy (non-hydrogen) atoms. The number of likely N-dealkylation sites (tertiary alicyclic amines) is 1. The first-order valence-corrected chi connectivity index (χ1v) is 12.5. The molecule has 4 nitrogen and oxygen atoms in total. The van der Waals surface area contributed by atoms with E-state index in [1.807, 2.05) is 6.07 Å². The average molecular weight is 465 g/mol. The van der Waals surface area contributed by atoms with Gasteiger partial charge in [0.15, 0.2) is 0 Å². The maximum Gasteiger partial charge on any atom is 0.222 e. The van der Waals surface area contributed by atoms with Crippen LogP contribution in [0.25, 0.3) is 10.9 Å². The number of aromatic nitrogens is 1. The Hall–Kier alpha value is -2.24. The van der Waals surface area contributed by atoms with Crippen molar-refractivity contribution in [2.45, 2.75) is 51.0 Å². The van der Waals surface area contributed by atoms with Crippen molar-refractivity contribution >= 4 is 41.7 Å². The van der Waals surface area contributed by atoms with E-state index in [1.54, 1.807) is 7.11 Å². The predicted octanol–water partition coefficient (Wildman–Crippen LogP) is 4.32. The minimum Gasteiger partial charge on any atom is -0.385 e. The van der Waals surface area contributed by atoms with Crippen LogP contribution in [0.2, 0.25) is 5.02 Å². The number of amides is 1. The fourth-order valence-corrected chi connectivity index (χ4v) is 5.17. The molecule has 3 aromatic rings. The lowest BCUT2D eigenvalue weighted by atomic mass is 9.93. The first-order valence-electron chi connectivity index (χ1n) is 12.2.